The van der Waals surface area contributed by atoms with Crippen LogP contribution in [0.2, 0.25) is 5.02 Å². The highest BCUT2D eigenvalue weighted by molar-refractivity contribution is 6.31. The third-order valence-corrected chi connectivity index (χ3v) is 4.03. The van der Waals surface area contributed by atoms with Gasteiger partial charge in [0.15, 0.2) is 0 Å². The molecule has 0 aromatic heterocycles. The molecule has 1 aromatic carbocycles. The van der Waals surface area contributed by atoms with Crippen molar-refractivity contribution < 1.29 is 9.47 Å². The predicted molar refractivity (Wildman–Crippen MR) is 78.0 cm³/mol. The molecule has 1 aliphatic rings. The van der Waals surface area contributed by atoms with Crippen LogP contribution in [0.4, 0.5) is 0 Å². The van der Waals surface area contributed by atoms with Gasteiger partial charge in [0, 0.05) is 24.3 Å². The highest BCUT2D eigenvalue weighted by atomic mass is 35.5. The monoisotopic (exact) mass is 283 g/mol. The van der Waals surface area contributed by atoms with Crippen molar-refractivity contribution in [1.82, 2.24) is 5.32 Å². The maximum absolute atomic E-state index is 6.28. The third kappa shape index (κ3) is 4.10. The van der Waals surface area contributed by atoms with Crippen molar-refractivity contribution in [3.05, 3.63) is 28.8 Å². The molecule has 3 nitrogen and oxygen atoms in total. The van der Waals surface area contributed by atoms with Crippen LogP contribution in [0.15, 0.2) is 18.2 Å². The zero-order valence-corrected chi connectivity index (χ0v) is 12.4. The Balaban J connectivity index is 1.92. The van der Waals surface area contributed by atoms with E-state index in [0.29, 0.717) is 5.92 Å². The molecule has 4 heteroatoms. The van der Waals surface area contributed by atoms with E-state index in [9.17, 15) is 0 Å². The molecule has 0 radical (unpaired) electrons. The number of rotatable bonds is 5. The average Bonchev–Trinajstić information content (AvgIpc) is 2.45. The molecule has 1 unspecified atom stereocenters. The van der Waals surface area contributed by atoms with Crippen LogP contribution in [-0.2, 0) is 4.74 Å². The van der Waals surface area contributed by atoms with Crippen molar-refractivity contribution in [2.45, 2.75) is 25.8 Å². The van der Waals surface area contributed by atoms with Gasteiger partial charge in [-0.25, -0.2) is 0 Å². The van der Waals surface area contributed by atoms with Gasteiger partial charge in [-0.2, -0.15) is 0 Å². The molecular formula is C15H22ClNO2. The van der Waals surface area contributed by atoms with E-state index in [1.54, 1.807) is 0 Å². The van der Waals surface area contributed by atoms with E-state index in [0.717, 1.165) is 49.0 Å². The van der Waals surface area contributed by atoms with Crippen molar-refractivity contribution in [1.29, 1.82) is 0 Å². The lowest BCUT2D eigenvalue weighted by molar-refractivity contribution is 0.0497. The Morgan fingerprint density at radius 2 is 2.16 bits per heavy atom. The number of ether oxygens (including phenoxy) is 2. The summed E-state index contributed by atoms with van der Waals surface area (Å²) in [5.74, 6) is 1.45. The van der Waals surface area contributed by atoms with Crippen LogP contribution >= 0.6 is 11.6 Å². The maximum atomic E-state index is 6.28. The van der Waals surface area contributed by atoms with Crippen molar-refractivity contribution in [2.75, 3.05) is 26.9 Å². The number of nitrogens with one attached hydrogen (secondary N) is 1. The maximum Gasteiger partial charge on any atom is 0.120 e. The van der Waals surface area contributed by atoms with Gasteiger partial charge in [0.2, 0.25) is 0 Å². The van der Waals surface area contributed by atoms with E-state index in [2.05, 4.69) is 12.2 Å². The van der Waals surface area contributed by atoms with Gasteiger partial charge in [-0.1, -0.05) is 17.7 Å². The lowest BCUT2D eigenvalue weighted by Gasteiger charge is -2.22. The summed E-state index contributed by atoms with van der Waals surface area (Å²) in [6.07, 6.45) is 2.17. The number of benzene rings is 1. The molecule has 106 valence electrons. The van der Waals surface area contributed by atoms with Crippen molar-refractivity contribution in [3.63, 3.8) is 0 Å². The van der Waals surface area contributed by atoms with E-state index >= 15 is 0 Å². The minimum absolute atomic E-state index is 0.247. The molecule has 0 amide bonds. The molecule has 0 aliphatic carbocycles. The van der Waals surface area contributed by atoms with Crippen molar-refractivity contribution >= 4 is 11.6 Å². The second kappa shape index (κ2) is 7.13. The smallest absolute Gasteiger partial charge is 0.120 e. The van der Waals surface area contributed by atoms with Crippen LogP contribution in [0.25, 0.3) is 0 Å². The van der Waals surface area contributed by atoms with Gasteiger partial charge in [-0.15, -0.1) is 0 Å². The Morgan fingerprint density at radius 1 is 1.42 bits per heavy atom. The Bertz CT molecular complexity index is 405. The highest BCUT2D eigenvalue weighted by Crippen LogP contribution is 2.27. The van der Waals surface area contributed by atoms with E-state index in [1.807, 2.05) is 25.2 Å². The molecule has 1 heterocycles. The number of hydrogen-bond donors (Lipinski definition) is 1. The summed E-state index contributed by atoms with van der Waals surface area (Å²) in [6.45, 7) is 4.55. The van der Waals surface area contributed by atoms with Crippen molar-refractivity contribution in [2.24, 2.45) is 5.92 Å². The molecule has 0 spiro atoms. The van der Waals surface area contributed by atoms with Gasteiger partial charge in [0.05, 0.1) is 6.61 Å². The fourth-order valence-corrected chi connectivity index (χ4v) is 2.57. The van der Waals surface area contributed by atoms with E-state index in [4.69, 9.17) is 21.1 Å². The topological polar surface area (TPSA) is 30.5 Å². The van der Waals surface area contributed by atoms with Crippen LogP contribution in [0.5, 0.6) is 5.75 Å². The summed E-state index contributed by atoms with van der Waals surface area (Å²) in [5, 5.41) is 3.94. The molecule has 0 saturated carbocycles. The lowest BCUT2D eigenvalue weighted by Crippen LogP contribution is -2.21. The molecule has 1 aliphatic heterocycles. The van der Waals surface area contributed by atoms with Gasteiger partial charge in [0.25, 0.3) is 0 Å². The fraction of sp³-hybridized carbons (Fsp3) is 0.600. The Hall–Kier alpha value is -0.770. The predicted octanol–water partition coefficient (Wildman–Crippen LogP) is 3.43. The molecule has 1 atom stereocenters. The zero-order chi connectivity index (χ0) is 13.7. The average molecular weight is 284 g/mol. The molecule has 1 fully saturated rings. The number of hydrogen-bond acceptors (Lipinski definition) is 3. The van der Waals surface area contributed by atoms with Gasteiger partial charge >= 0.3 is 0 Å². The first-order valence-corrected chi connectivity index (χ1v) is 7.25. The first kappa shape index (κ1) is 14.6. The highest BCUT2D eigenvalue weighted by Gasteiger charge is 2.15. The standard InChI is InChI=1S/C15H22ClNO2/c1-11(17-2)14-4-3-13(9-15(14)16)19-10-12-5-7-18-8-6-12/h3-4,9,11-12,17H,5-8,10H2,1-2H3. The summed E-state index contributed by atoms with van der Waals surface area (Å²) in [6, 6.07) is 6.18. The fourth-order valence-electron chi connectivity index (χ4n) is 2.23. The second-order valence-electron chi connectivity index (χ2n) is 5.06. The minimum atomic E-state index is 0.247. The second-order valence-corrected chi connectivity index (χ2v) is 5.47. The van der Waals surface area contributed by atoms with Crippen LogP contribution in [0.1, 0.15) is 31.4 Å². The minimum Gasteiger partial charge on any atom is -0.493 e. The summed E-state index contributed by atoms with van der Waals surface area (Å²) in [7, 11) is 1.93. The SMILES string of the molecule is CNC(C)c1ccc(OCC2CCOCC2)cc1Cl. The third-order valence-electron chi connectivity index (χ3n) is 3.70. The van der Waals surface area contributed by atoms with Gasteiger partial charge in [-0.05, 0) is 50.4 Å². The van der Waals surface area contributed by atoms with Gasteiger partial charge in [-0.3, -0.25) is 0 Å². The largest absolute Gasteiger partial charge is 0.493 e. The molecule has 19 heavy (non-hydrogen) atoms. The molecule has 1 N–H and O–H groups in total. The molecule has 2 rings (SSSR count). The molecule has 1 saturated heterocycles. The normalized spacial score (nSPS) is 18.3. The van der Waals surface area contributed by atoms with Crippen LogP contribution < -0.4 is 10.1 Å². The summed E-state index contributed by atoms with van der Waals surface area (Å²) in [4.78, 5) is 0. The summed E-state index contributed by atoms with van der Waals surface area (Å²) in [5.41, 5.74) is 1.10. The van der Waals surface area contributed by atoms with Crippen LogP contribution in [-0.4, -0.2) is 26.9 Å². The molecule has 1 aromatic rings. The van der Waals surface area contributed by atoms with Crippen LogP contribution in [0, 0.1) is 5.92 Å². The summed E-state index contributed by atoms with van der Waals surface area (Å²) < 4.78 is 11.2. The number of halogens is 1. The van der Waals surface area contributed by atoms with Crippen LogP contribution in [0.3, 0.4) is 0 Å². The Morgan fingerprint density at radius 3 is 2.79 bits per heavy atom. The van der Waals surface area contributed by atoms with E-state index in [1.165, 1.54) is 0 Å². The van der Waals surface area contributed by atoms with E-state index in [-0.39, 0.29) is 6.04 Å². The zero-order valence-electron chi connectivity index (χ0n) is 11.6. The quantitative estimate of drug-likeness (QED) is 0.898. The molecular weight excluding hydrogens is 262 g/mol. The lowest BCUT2D eigenvalue weighted by atomic mass is 10.0. The van der Waals surface area contributed by atoms with Gasteiger partial charge in [0.1, 0.15) is 5.75 Å². The molecule has 0 bridgehead atoms. The Kier molecular flexibility index (Phi) is 5.49. The van der Waals surface area contributed by atoms with Gasteiger partial charge < -0.3 is 14.8 Å². The Labute approximate surface area is 120 Å². The first-order valence-electron chi connectivity index (χ1n) is 6.88. The van der Waals surface area contributed by atoms with E-state index < -0.39 is 0 Å². The summed E-state index contributed by atoms with van der Waals surface area (Å²) >= 11 is 6.28. The van der Waals surface area contributed by atoms with Crippen molar-refractivity contribution in [3.8, 4) is 5.75 Å². The first-order chi connectivity index (χ1) is 9.20.